The highest BCUT2D eigenvalue weighted by Crippen LogP contribution is 2.38. The van der Waals surface area contributed by atoms with E-state index in [4.69, 9.17) is 9.72 Å². The number of nitrogens with zero attached hydrogens (tertiary/aromatic N) is 3. The quantitative estimate of drug-likeness (QED) is 0.925. The van der Waals surface area contributed by atoms with Gasteiger partial charge in [0.1, 0.15) is 17.9 Å². The summed E-state index contributed by atoms with van der Waals surface area (Å²) >= 11 is 0. The van der Waals surface area contributed by atoms with E-state index < -0.39 is 0 Å². The van der Waals surface area contributed by atoms with Crippen LogP contribution in [0.15, 0.2) is 18.5 Å². The molecule has 1 saturated carbocycles. The first-order chi connectivity index (χ1) is 9.92. The minimum absolute atomic E-state index is 0.377. The van der Waals surface area contributed by atoms with Gasteiger partial charge in [0.2, 0.25) is 0 Å². The molecule has 0 atom stereocenters. The fourth-order valence-corrected chi connectivity index (χ4v) is 3.00. The zero-order chi connectivity index (χ0) is 13.4. The third-order valence-corrected chi connectivity index (χ3v) is 4.21. The summed E-state index contributed by atoms with van der Waals surface area (Å²) < 4.78 is 8.43. The summed E-state index contributed by atoms with van der Waals surface area (Å²) in [7, 11) is 0. The largest absolute Gasteiger partial charge is 0.370 e. The molecule has 3 heterocycles. The highest BCUT2D eigenvalue weighted by atomic mass is 16.5. The van der Waals surface area contributed by atoms with E-state index >= 15 is 0 Å². The maximum atomic E-state index is 6.07. The summed E-state index contributed by atoms with van der Waals surface area (Å²) in [6.07, 6.45) is 8.79. The standard InChI is InChI=1S/C15H20N4O/c1-2-11(1)19-14-5-8-17-9-13(14)18-15(19)10-20-12-3-6-16-7-4-12/h5,8-9,11-12,16H,1-4,6-7,10H2. The number of fused-ring (bicyclic) bond motifs is 1. The van der Waals surface area contributed by atoms with E-state index in [1.54, 1.807) is 0 Å². The Bertz CT molecular complexity index is 599. The molecule has 0 spiro atoms. The molecule has 2 aromatic rings. The molecule has 1 saturated heterocycles. The second-order valence-corrected chi connectivity index (χ2v) is 5.75. The van der Waals surface area contributed by atoms with E-state index in [0.717, 1.165) is 37.3 Å². The predicted molar refractivity (Wildman–Crippen MR) is 76.5 cm³/mol. The SMILES string of the molecule is c1cc2c(cn1)nc(COC1CCNCC1)n2C1CC1. The molecule has 5 nitrogen and oxygen atoms in total. The van der Waals surface area contributed by atoms with E-state index in [0.29, 0.717) is 18.8 Å². The minimum atomic E-state index is 0.377. The van der Waals surface area contributed by atoms with Gasteiger partial charge in [0.15, 0.2) is 0 Å². The molecule has 20 heavy (non-hydrogen) atoms. The molecule has 4 rings (SSSR count). The average Bonchev–Trinajstić information content (AvgIpc) is 3.27. The number of hydrogen-bond donors (Lipinski definition) is 1. The van der Waals surface area contributed by atoms with Crippen molar-refractivity contribution in [2.75, 3.05) is 13.1 Å². The van der Waals surface area contributed by atoms with Crippen molar-refractivity contribution >= 4 is 11.0 Å². The number of aromatic nitrogens is 3. The Morgan fingerprint density at radius 2 is 2.10 bits per heavy atom. The van der Waals surface area contributed by atoms with Crippen LogP contribution in [0.3, 0.4) is 0 Å². The molecule has 1 aliphatic carbocycles. The highest BCUT2D eigenvalue weighted by Gasteiger charge is 2.28. The van der Waals surface area contributed by atoms with E-state index in [2.05, 4.69) is 20.9 Å². The summed E-state index contributed by atoms with van der Waals surface area (Å²) in [6.45, 7) is 2.75. The van der Waals surface area contributed by atoms with E-state index in [-0.39, 0.29) is 0 Å². The van der Waals surface area contributed by atoms with Crippen LogP contribution in [0.4, 0.5) is 0 Å². The van der Waals surface area contributed by atoms with Gasteiger partial charge >= 0.3 is 0 Å². The lowest BCUT2D eigenvalue weighted by molar-refractivity contribution is 0.0166. The summed E-state index contributed by atoms with van der Waals surface area (Å²) in [6, 6.07) is 2.68. The molecule has 0 bridgehead atoms. The summed E-state index contributed by atoms with van der Waals surface area (Å²) in [4.78, 5) is 8.89. The zero-order valence-electron chi connectivity index (χ0n) is 11.6. The van der Waals surface area contributed by atoms with Crippen LogP contribution in [0.25, 0.3) is 11.0 Å². The van der Waals surface area contributed by atoms with Gasteiger partial charge in [0, 0.05) is 12.2 Å². The maximum absolute atomic E-state index is 6.07. The lowest BCUT2D eigenvalue weighted by Gasteiger charge is -2.23. The number of imidazole rings is 1. The van der Waals surface area contributed by atoms with Gasteiger partial charge in [0.05, 0.1) is 17.8 Å². The van der Waals surface area contributed by atoms with Crippen LogP contribution in [-0.4, -0.2) is 33.7 Å². The van der Waals surface area contributed by atoms with Crippen LogP contribution < -0.4 is 5.32 Å². The molecule has 106 valence electrons. The Morgan fingerprint density at radius 1 is 1.25 bits per heavy atom. The normalized spacial score (nSPS) is 20.6. The minimum Gasteiger partial charge on any atom is -0.370 e. The summed E-state index contributed by atoms with van der Waals surface area (Å²) in [5.74, 6) is 1.06. The molecule has 1 N–H and O–H groups in total. The van der Waals surface area contributed by atoms with Crippen molar-refractivity contribution in [2.45, 2.75) is 44.4 Å². The van der Waals surface area contributed by atoms with Crippen molar-refractivity contribution in [2.24, 2.45) is 0 Å². The van der Waals surface area contributed by atoms with Crippen LogP contribution in [0.1, 0.15) is 37.5 Å². The van der Waals surface area contributed by atoms with Gasteiger partial charge in [-0.25, -0.2) is 4.98 Å². The Kier molecular flexibility index (Phi) is 3.16. The number of hydrogen-bond acceptors (Lipinski definition) is 4. The first-order valence-corrected chi connectivity index (χ1v) is 7.55. The van der Waals surface area contributed by atoms with Crippen molar-refractivity contribution in [3.05, 3.63) is 24.3 Å². The van der Waals surface area contributed by atoms with Crippen LogP contribution >= 0.6 is 0 Å². The second-order valence-electron chi connectivity index (χ2n) is 5.75. The monoisotopic (exact) mass is 272 g/mol. The fraction of sp³-hybridized carbons (Fsp3) is 0.600. The van der Waals surface area contributed by atoms with Gasteiger partial charge in [-0.05, 0) is 44.8 Å². The molecule has 2 aliphatic rings. The molecule has 0 aromatic carbocycles. The molecule has 2 fully saturated rings. The zero-order valence-corrected chi connectivity index (χ0v) is 11.6. The molecule has 5 heteroatoms. The van der Waals surface area contributed by atoms with Gasteiger partial charge in [-0.2, -0.15) is 0 Å². The van der Waals surface area contributed by atoms with Gasteiger partial charge < -0.3 is 14.6 Å². The highest BCUT2D eigenvalue weighted by molar-refractivity contribution is 5.75. The van der Waals surface area contributed by atoms with Crippen LogP contribution in [-0.2, 0) is 11.3 Å². The number of pyridine rings is 1. The van der Waals surface area contributed by atoms with Crippen molar-refractivity contribution in [1.82, 2.24) is 19.9 Å². The smallest absolute Gasteiger partial charge is 0.136 e. The van der Waals surface area contributed by atoms with E-state index in [9.17, 15) is 0 Å². The molecule has 0 amide bonds. The Morgan fingerprint density at radius 3 is 2.90 bits per heavy atom. The summed E-state index contributed by atoms with van der Waals surface area (Å²) in [5.41, 5.74) is 2.19. The second kappa shape index (κ2) is 5.14. The topological polar surface area (TPSA) is 52.0 Å². The number of ether oxygens (including phenoxy) is 1. The third kappa shape index (κ3) is 2.31. The number of piperidine rings is 1. The fourth-order valence-electron chi connectivity index (χ4n) is 3.00. The first kappa shape index (κ1) is 12.3. The van der Waals surface area contributed by atoms with Crippen LogP contribution in [0.5, 0.6) is 0 Å². The van der Waals surface area contributed by atoms with Crippen molar-refractivity contribution in [1.29, 1.82) is 0 Å². The number of rotatable bonds is 4. The van der Waals surface area contributed by atoms with E-state index in [1.807, 2.05) is 12.4 Å². The Labute approximate surface area is 118 Å². The first-order valence-electron chi connectivity index (χ1n) is 7.55. The van der Waals surface area contributed by atoms with Gasteiger partial charge in [-0.3, -0.25) is 4.98 Å². The molecule has 0 unspecified atom stereocenters. The van der Waals surface area contributed by atoms with Crippen molar-refractivity contribution < 1.29 is 4.74 Å². The lowest BCUT2D eigenvalue weighted by Crippen LogP contribution is -2.32. The van der Waals surface area contributed by atoms with Gasteiger partial charge in [0.25, 0.3) is 0 Å². The molecule has 2 aromatic heterocycles. The third-order valence-electron chi connectivity index (χ3n) is 4.21. The van der Waals surface area contributed by atoms with Gasteiger partial charge in [-0.15, -0.1) is 0 Å². The predicted octanol–water partition coefficient (Wildman–Crippen LogP) is 2.03. The van der Waals surface area contributed by atoms with Crippen molar-refractivity contribution in [3.63, 3.8) is 0 Å². The number of nitrogens with one attached hydrogen (secondary N) is 1. The van der Waals surface area contributed by atoms with E-state index in [1.165, 1.54) is 18.4 Å². The Hall–Kier alpha value is -1.46. The lowest BCUT2D eigenvalue weighted by atomic mass is 10.1. The molecular formula is C15H20N4O. The summed E-state index contributed by atoms with van der Waals surface area (Å²) in [5, 5.41) is 3.36. The average molecular weight is 272 g/mol. The molecule has 1 aliphatic heterocycles. The van der Waals surface area contributed by atoms with Gasteiger partial charge in [-0.1, -0.05) is 0 Å². The van der Waals surface area contributed by atoms with Crippen molar-refractivity contribution in [3.8, 4) is 0 Å². The maximum Gasteiger partial charge on any atom is 0.136 e. The molecule has 0 radical (unpaired) electrons. The molecular weight excluding hydrogens is 252 g/mol. The Balaban J connectivity index is 1.57. The van der Waals surface area contributed by atoms with Crippen LogP contribution in [0, 0.1) is 0 Å². The van der Waals surface area contributed by atoms with Crippen LogP contribution in [0.2, 0.25) is 0 Å².